The van der Waals surface area contributed by atoms with Crippen molar-refractivity contribution in [1.82, 2.24) is 0 Å². The molecule has 1 heteroatoms. The fraction of sp³-hybridized carbons (Fsp3) is 0.250. The van der Waals surface area contributed by atoms with E-state index in [1.54, 1.807) is 0 Å². The zero-order chi connectivity index (χ0) is 12.3. The molecule has 0 aliphatic carbocycles. The molecular formula is C16H18O. The van der Waals surface area contributed by atoms with Crippen LogP contribution in [-0.4, -0.2) is 5.11 Å². The van der Waals surface area contributed by atoms with Crippen LogP contribution in [0.5, 0.6) is 0 Å². The minimum atomic E-state index is -0.346. The predicted octanol–water partition coefficient (Wildman–Crippen LogP) is 4.11. The minimum absolute atomic E-state index is 0.346. The molecule has 0 fully saturated rings. The Morgan fingerprint density at radius 2 is 1.65 bits per heavy atom. The van der Waals surface area contributed by atoms with E-state index in [9.17, 15) is 5.11 Å². The second-order valence-electron chi connectivity index (χ2n) is 4.36. The molecule has 1 N–H and O–H groups in total. The van der Waals surface area contributed by atoms with Gasteiger partial charge in [0.1, 0.15) is 0 Å². The quantitative estimate of drug-likeness (QED) is 0.835. The van der Waals surface area contributed by atoms with Crippen LogP contribution in [0.3, 0.4) is 0 Å². The van der Waals surface area contributed by atoms with Crippen molar-refractivity contribution in [3.05, 3.63) is 59.7 Å². The number of rotatable bonds is 3. The summed E-state index contributed by atoms with van der Waals surface area (Å²) in [6.45, 7) is 4.10. The summed E-state index contributed by atoms with van der Waals surface area (Å²) in [5.74, 6) is 0. The van der Waals surface area contributed by atoms with E-state index in [1.807, 2.05) is 25.1 Å². The summed E-state index contributed by atoms with van der Waals surface area (Å²) in [7, 11) is 0. The molecule has 0 aromatic heterocycles. The first-order valence-electron chi connectivity index (χ1n) is 6.06. The maximum absolute atomic E-state index is 9.75. The standard InChI is InChI=1S/C16H18O/c1-3-16(17)14-10-8-13(9-11-14)15-7-5-4-6-12(15)2/h4-11,16-17H,3H2,1-2H3/t16-/m0/s1. The van der Waals surface area contributed by atoms with Crippen molar-refractivity contribution >= 4 is 0 Å². The van der Waals surface area contributed by atoms with Gasteiger partial charge in [-0.15, -0.1) is 0 Å². The summed E-state index contributed by atoms with van der Waals surface area (Å²) >= 11 is 0. The van der Waals surface area contributed by atoms with Crippen LogP contribution in [0.15, 0.2) is 48.5 Å². The van der Waals surface area contributed by atoms with E-state index < -0.39 is 0 Å². The maximum atomic E-state index is 9.75. The Hall–Kier alpha value is -1.60. The highest BCUT2D eigenvalue weighted by Crippen LogP contribution is 2.25. The molecule has 1 atom stereocenters. The van der Waals surface area contributed by atoms with Crippen LogP contribution in [0, 0.1) is 6.92 Å². The smallest absolute Gasteiger partial charge is 0.0787 e. The van der Waals surface area contributed by atoms with Gasteiger partial charge in [0.2, 0.25) is 0 Å². The van der Waals surface area contributed by atoms with Crippen molar-refractivity contribution in [2.24, 2.45) is 0 Å². The Morgan fingerprint density at radius 1 is 1.00 bits per heavy atom. The second-order valence-corrected chi connectivity index (χ2v) is 4.36. The summed E-state index contributed by atoms with van der Waals surface area (Å²) in [5, 5.41) is 9.75. The van der Waals surface area contributed by atoms with Crippen molar-refractivity contribution in [3.63, 3.8) is 0 Å². The number of aliphatic hydroxyl groups excluding tert-OH is 1. The van der Waals surface area contributed by atoms with Crippen LogP contribution in [0.1, 0.15) is 30.6 Å². The van der Waals surface area contributed by atoms with Crippen molar-refractivity contribution in [1.29, 1.82) is 0 Å². The summed E-state index contributed by atoms with van der Waals surface area (Å²) in [6.07, 6.45) is 0.407. The molecule has 0 spiro atoms. The second kappa shape index (κ2) is 5.15. The van der Waals surface area contributed by atoms with Crippen molar-refractivity contribution < 1.29 is 5.11 Å². The van der Waals surface area contributed by atoms with Gasteiger partial charge >= 0.3 is 0 Å². The summed E-state index contributed by atoms with van der Waals surface area (Å²) in [5.41, 5.74) is 4.72. The van der Waals surface area contributed by atoms with Gasteiger partial charge in [0.15, 0.2) is 0 Å². The van der Waals surface area contributed by atoms with E-state index in [0.717, 1.165) is 12.0 Å². The average molecular weight is 226 g/mol. The molecule has 17 heavy (non-hydrogen) atoms. The van der Waals surface area contributed by atoms with E-state index in [2.05, 4.69) is 37.3 Å². The lowest BCUT2D eigenvalue weighted by Crippen LogP contribution is -1.94. The SMILES string of the molecule is CC[C@H](O)c1ccc(-c2ccccc2C)cc1. The molecule has 0 saturated heterocycles. The average Bonchev–Trinajstić information content (AvgIpc) is 2.39. The van der Waals surface area contributed by atoms with Gasteiger partial charge < -0.3 is 5.11 Å². The van der Waals surface area contributed by atoms with E-state index >= 15 is 0 Å². The number of aliphatic hydroxyl groups is 1. The lowest BCUT2D eigenvalue weighted by molar-refractivity contribution is 0.173. The molecule has 0 heterocycles. The Balaban J connectivity index is 2.33. The van der Waals surface area contributed by atoms with Crippen LogP contribution in [-0.2, 0) is 0 Å². The van der Waals surface area contributed by atoms with Gasteiger partial charge in [0.05, 0.1) is 6.10 Å². The first-order chi connectivity index (χ1) is 8.22. The van der Waals surface area contributed by atoms with Gasteiger partial charge in [0.25, 0.3) is 0 Å². The molecule has 0 bridgehead atoms. The van der Waals surface area contributed by atoms with E-state index in [1.165, 1.54) is 16.7 Å². The normalized spacial score (nSPS) is 12.4. The van der Waals surface area contributed by atoms with E-state index in [0.29, 0.717) is 0 Å². The largest absolute Gasteiger partial charge is 0.388 e. The highest BCUT2D eigenvalue weighted by Gasteiger charge is 2.05. The molecule has 2 aromatic rings. The molecule has 0 unspecified atom stereocenters. The molecule has 2 aromatic carbocycles. The molecule has 1 nitrogen and oxygen atoms in total. The third-order valence-electron chi connectivity index (χ3n) is 3.14. The van der Waals surface area contributed by atoms with Crippen molar-refractivity contribution in [3.8, 4) is 11.1 Å². The lowest BCUT2D eigenvalue weighted by Gasteiger charge is -2.10. The molecule has 0 radical (unpaired) electrons. The van der Waals surface area contributed by atoms with E-state index in [-0.39, 0.29) is 6.10 Å². The molecule has 0 aliphatic rings. The van der Waals surface area contributed by atoms with E-state index in [4.69, 9.17) is 0 Å². The fourth-order valence-electron chi connectivity index (χ4n) is 2.02. The summed E-state index contributed by atoms with van der Waals surface area (Å²) in [4.78, 5) is 0. The highest BCUT2D eigenvalue weighted by atomic mass is 16.3. The molecule has 0 amide bonds. The number of hydrogen-bond donors (Lipinski definition) is 1. The lowest BCUT2D eigenvalue weighted by atomic mass is 9.98. The van der Waals surface area contributed by atoms with Crippen molar-refractivity contribution in [2.45, 2.75) is 26.4 Å². The van der Waals surface area contributed by atoms with Crippen LogP contribution < -0.4 is 0 Å². The van der Waals surface area contributed by atoms with Crippen LogP contribution in [0.2, 0.25) is 0 Å². The van der Waals surface area contributed by atoms with Crippen LogP contribution in [0.4, 0.5) is 0 Å². The third kappa shape index (κ3) is 2.56. The fourth-order valence-corrected chi connectivity index (χ4v) is 2.02. The first kappa shape index (κ1) is 11.9. The first-order valence-corrected chi connectivity index (χ1v) is 6.06. The van der Waals surface area contributed by atoms with Crippen LogP contribution in [0.25, 0.3) is 11.1 Å². The van der Waals surface area contributed by atoms with Crippen LogP contribution >= 0.6 is 0 Å². The number of benzene rings is 2. The number of hydrogen-bond acceptors (Lipinski definition) is 1. The molecule has 2 rings (SSSR count). The van der Waals surface area contributed by atoms with Gasteiger partial charge in [-0.05, 0) is 35.6 Å². The topological polar surface area (TPSA) is 20.2 Å². The number of aryl methyl sites for hydroxylation is 1. The Morgan fingerprint density at radius 3 is 2.24 bits per heavy atom. The molecule has 0 saturated carbocycles. The predicted molar refractivity (Wildman–Crippen MR) is 71.9 cm³/mol. The van der Waals surface area contributed by atoms with Gasteiger partial charge in [0, 0.05) is 0 Å². The van der Waals surface area contributed by atoms with Crippen molar-refractivity contribution in [2.75, 3.05) is 0 Å². The van der Waals surface area contributed by atoms with Gasteiger partial charge in [-0.2, -0.15) is 0 Å². The zero-order valence-corrected chi connectivity index (χ0v) is 10.4. The van der Waals surface area contributed by atoms with Gasteiger partial charge in [-0.1, -0.05) is 55.5 Å². The Labute approximate surface area is 103 Å². The molecular weight excluding hydrogens is 208 g/mol. The molecule has 0 aliphatic heterocycles. The van der Waals surface area contributed by atoms with Gasteiger partial charge in [-0.3, -0.25) is 0 Å². The minimum Gasteiger partial charge on any atom is -0.388 e. The van der Waals surface area contributed by atoms with Gasteiger partial charge in [-0.25, -0.2) is 0 Å². The monoisotopic (exact) mass is 226 g/mol. The zero-order valence-electron chi connectivity index (χ0n) is 10.4. The Kier molecular flexibility index (Phi) is 3.60. The highest BCUT2D eigenvalue weighted by molar-refractivity contribution is 5.67. The summed E-state index contributed by atoms with van der Waals surface area (Å²) < 4.78 is 0. The summed E-state index contributed by atoms with van der Waals surface area (Å²) in [6, 6.07) is 16.5. The molecule has 88 valence electrons. The Bertz CT molecular complexity index is 485. The maximum Gasteiger partial charge on any atom is 0.0787 e. The third-order valence-corrected chi connectivity index (χ3v) is 3.14.